The SMILES string of the molecule is COc1cccc([C@H](C)NC(C)c2ccc(Cl)c(Cl)c2)c1. The van der Waals surface area contributed by atoms with E-state index in [0.717, 1.165) is 11.3 Å². The Labute approximate surface area is 136 Å². The van der Waals surface area contributed by atoms with Crippen molar-refractivity contribution in [2.24, 2.45) is 0 Å². The van der Waals surface area contributed by atoms with Crippen molar-refractivity contribution in [1.29, 1.82) is 0 Å². The van der Waals surface area contributed by atoms with Gasteiger partial charge in [0.15, 0.2) is 0 Å². The van der Waals surface area contributed by atoms with Crippen LogP contribution in [-0.4, -0.2) is 7.11 Å². The van der Waals surface area contributed by atoms with E-state index >= 15 is 0 Å². The maximum Gasteiger partial charge on any atom is 0.119 e. The quantitative estimate of drug-likeness (QED) is 0.793. The standard InChI is InChI=1S/C17H19Cl2NO/c1-11(13-5-4-6-15(9-13)21-3)20-12(2)14-7-8-16(18)17(19)10-14/h4-12,20H,1-3H3/t11-,12?/m0/s1. The van der Waals surface area contributed by atoms with Crippen molar-refractivity contribution in [3.05, 3.63) is 63.6 Å². The lowest BCUT2D eigenvalue weighted by Gasteiger charge is -2.21. The Morgan fingerprint density at radius 2 is 1.57 bits per heavy atom. The number of rotatable bonds is 5. The Morgan fingerprint density at radius 3 is 2.19 bits per heavy atom. The largest absolute Gasteiger partial charge is 0.497 e. The first-order valence-corrected chi connectivity index (χ1v) is 7.62. The topological polar surface area (TPSA) is 21.3 Å². The number of hydrogen-bond donors (Lipinski definition) is 1. The van der Waals surface area contributed by atoms with E-state index in [2.05, 4.69) is 25.2 Å². The summed E-state index contributed by atoms with van der Waals surface area (Å²) < 4.78 is 5.26. The van der Waals surface area contributed by atoms with Gasteiger partial charge in [0.2, 0.25) is 0 Å². The summed E-state index contributed by atoms with van der Waals surface area (Å²) in [4.78, 5) is 0. The zero-order valence-corrected chi connectivity index (χ0v) is 13.9. The van der Waals surface area contributed by atoms with Gasteiger partial charge < -0.3 is 10.1 Å². The fourth-order valence-electron chi connectivity index (χ4n) is 2.26. The third-order valence-corrected chi connectivity index (χ3v) is 4.28. The van der Waals surface area contributed by atoms with E-state index in [1.54, 1.807) is 7.11 Å². The van der Waals surface area contributed by atoms with Crippen LogP contribution in [0.1, 0.15) is 37.1 Å². The lowest BCUT2D eigenvalue weighted by atomic mass is 10.0. The van der Waals surface area contributed by atoms with E-state index in [9.17, 15) is 0 Å². The predicted molar refractivity (Wildman–Crippen MR) is 89.4 cm³/mol. The molecule has 0 amide bonds. The third-order valence-electron chi connectivity index (χ3n) is 3.54. The van der Waals surface area contributed by atoms with Crippen LogP contribution in [0.4, 0.5) is 0 Å². The van der Waals surface area contributed by atoms with Crippen LogP contribution in [0.3, 0.4) is 0 Å². The second-order valence-electron chi connectivity index (χ2n) is 5.06. The molecule has 0 aliphatic carbocycles. The molecule has 1 N–H and O–H groups in total. The van der Waals surface area contributed by atoms with Crippen LogP contribution in [0.25, 0.3) is 0 Å². The molecule has 21 heavy (non-hydrogen) atoms. The molecule has 0 bridgehead atoms. The summed E-state index contributed by atoms with van der Waals surface area (Å²) in [5.41, 5.74) is 2.29. The summed E-state index contributed by atoms with van der Waals surface area (Å²) in [6.07, 6.45) is 0. The minimum absolute atomic E-state index is 0.168. The molecule has 1 unspecified atom stereocenters. The average Bonchev–Trinajstić information content (AvgIpc) is 2.49. The maximum absolute atomic E-state index is 6.07. The Hall–Kier alpha value is -1.22. The molecule has 0 heterocycles. The summed E-state index contributed by atoms with van der Waals surface area (Å²) in [5, 5.41) is 4.71. The first-order valence-electron chi connectivity index (χ1n) is 6.86. The van der Waals surface area contributed by atoms with Crippen molar-refractivity contribution in [2.45, 2.75) is 25.9 Å². The van der Waals surface area contributed by atoms with Crippen LogP contribution in [0, 0.1) is 0 Å². The van der Waals surface area contributed by atoms with Gasteiger partial charge in [0.25, 0.3) is 0 Å². The molecule has 2 rings (SSSR count). The molecule has 0 aliphatic heterocycles. The molecule has 0 radical (unpaired) electrons. The lowest BCUT2D eigenvalue weighted by Crippen LogP contribution is -2.22. The van der Waals surface area contributed by atoms with Crippen LogP contribution in [0.15, 0.2) is 42.5 Å². The van der Waals surface area contributed by atoms with Crippen molar-refractivity contribution < 1.29 is 4.74 Å². The molecular formula is C17H19Cl2NO. The number of methoxy groups -OCH3 is 1. The summed E-state index contributed by atoms with van der Waals surface area (Å²) in [6.45, 7) is 4.24. The molecule has 2 atom stereocenters. The smallest absolute Gasteiger partial charge is 0.119 e. The molecule has 0 spiro atoms. The van der Waals surface area contributed by atoms with Gasteiger partial charge in [0, 0.05) is 12.1 Å². The molecule has 0 aliphatic rings. The second kappa shape index (κ2) is 7.17. The summed E-state index contributed by atoms with van der Waals surface area (Å²) >= 11 is 12.0. The minimum Gasteiger partial charge on any atom is -0.497 e. The minimum atomic E-state index is 0.168. The summed E-state index contributed by atoms with van der Waals surface area (Å²) in [5.74, 6) is 0.864. The van der Waals surface area contributed by atoms with E-state index in [1.807, 2.05) is 36.4 Å². The molecule has 0 aromatic heterocycles. The summed E-state index contributed by atoms with van der Waals surface area (Å²) in [6, 6.07) is 14.2. The van der Waals surface area contributed by atoms with Crippen LogP contribution < -0.4 is 10.1 Å². The number of halogens is 2. The van der Waals surface area contributed by atoms with E-state index in [4.69, 9.17) is 27.9 Å². The monoisotopic (exact) mass is 323 g/mol. The molecule has 0 saturated heterocycles. The molecule has 112 valence electrons. The molecule has 0 saturated carbocycles. The van der Waals surface area contributed by atoms with Gasteiger partial charge in [0.05, 0.1) is 17.2 Å². The average molecular weight is 324 g/mol. The van der Waals surface area contributed by atoms with E-state index < -0.39 is 0 Å². The first-order chi connectivity index (χ1) is 10.0. The number of nitrogens with one attached hydrogen (secondary N) is 1. The number of benzene rings is 2. The maximum atomic E-state index is 6.07. The van der Waals surface area contributed by atoms with Gasteiger partial charge in [-0.15, -0.1) is 0 Å². The second-order valence-corrected chi connectivity index (χ2v) is 5.87. The Bertz CT molecular complexity index is 615. The van der Waals surface area contributed by atoms with Crippen LogP contribution in [0.5, 0.6) is 5.75 Å². The van der Waals surface area contributed by atoms with Gasteiger partial charge in [0.1, 0.15) is 5.75 Å². The van der Waals surface area contributed by atoms with Crippen molar-refractivity contribution in [2.75, 3.05) is 7.11 Å². The highest BCUT2D eigenvalue weighted by Gasteiger charge is 2.12. The van der Waals surface area contributed by atoms with E-state index in [0.29, 0.717) is 10.0 Å². The van der Waals surface area contributed by atoms with Gasteiger partial charge in [-0.05, 0) is 49.2 Å². The highest BCUT2D eigenvalue weighted by atomic mass is 35.5. The van der Waals surface area contributed by atoms with Crippen molar-refractivity contribution in [3.63, 3.8) is 0 Å². The van der Waals surface area contributed by atoms with Gasteiger partial charge in [-0.3, -0.25) is 0 Å². The van der Waals surface area contributed by atoms with Gasteiger partial charge in [-0.25, -0.2) is 0 Å². The number of hydrogen-bond acceptors (Lipinski definition) is 2. The zero-order chi connectivity index (χ0) is 15.4. The van der Waals surface area contributed by atoms with Crippen molar-refractivity contribution in [3.8, 4) is 5.75 Å². The molecule has 2 aromatic rings. The third kappa shape index (κ3) is 4.13. The lowest BCUT2D eigenvalue weighted by molar-refractivity contribution is 0.412. The fourth-order valence-corrected chi connectivity index (χ4v) is 2.57. The van der Waals surface area contributed by atoms with Crippen molar-refractivity contribution in [1.82, 2.24) is 5.32 Å². The summed E-state index contributed by atoms with van der Waals surface area (Å²) in [7, 11) is 1.68. The highest BCUT2D eigenvalue weighted by molar-refractivity contribution is 6.42. The van der Waals surface area contributed by atoms with Crippen LogP contribution >= 0.6 is 23.2 Å². The van der Waals surface area contributed by atoms with E-state index in [1.165, 1.54) is 5.56 Å². The first kappa shape index (κ1) is 16.2. The normalized spacial score (nSPS) is 13.8. The molecular weight excluding hydrogens is 305 g/mol. The Balaban J connectivity index is 2.10. The van der Waals surface area contributed by atoms with Gasteiger partial charge in [-0.1, -0.05) is 41.4 Å². The Morgan fingerprint density at radius 1 is 0.905 bits per heavy atom. The molecule has 4 heteroatoms. The molecule has 2 nitrogen and oxygen atoms in total. The molecule has 0 fully saturated rings. The number of ether oxygens (including phenoxy) is 1. The fraction of sp³-hybridized carbons (Fsp3) is 0.294. The van der Waals surface area contributed by atoms with Crippen LogP contribution in [0.2, 0.25) is 10.0 Å². The van der Waals surface area contributed by atoms with E-state index in [-0.39, 0.29) is 12.1 Å². The Kier molecular flexibility index (Phi) is 5.51. The van der Waals surface area contributed by atoms with Gasteiger partial charge in [-0.2, -0.15) is 0 Å². The predicted octanol–water partition coefficient (Wildman–Crippen LogP) is 5.41. The molecule has 2 aromatic carbocycles. The zero-order valence-electron chi connectivity index (χ0n) is 12.4. The van der Waals surface area contributed by atoms with Crippen molar-refractivity contribution >= 4 is 23.2 Å². The van der Waals surface area contributed by atoms with Crippen LogP contribution in [-0.2, 0) is 0 Å². The highest BCUT2D eigenvalue weighted by Crippen LogP contribution is 2.27. The van der Waals surface area contributed by atoms with Gasteiger partial charge >= 0.3 is 0 Å².